The second-order valence-electron chi connectivity index (χ2n) is 4.65. The normalized spacial score (nSPS) is 13.7. The highest BCUT2D eigenvalue weighted by Gasteiger charge is 2.21. The molecular formula is C12H23N3O3S. The number of aryl methyl sites for hydroxylation is 2. The molecule has 1 aromatic heterocycles. The van der Waals surface area contributed by atoms with E-state index in [9.17, 15) is 8.42 Å². The molecule has 2 N–H and O–H groups in total. The van der Waals surface area contributed by atoms with Gasteiger partial charge in [0.05, 0.1) is 11.4 Å². The molecule has 0 radical (unpaired) electrons. The number of rotatable bonds is 8. The van der Waals surface area contributed by atoms with Crippen LogP contribution in [0.3, 0.4) is 0 Å². The predicted octanol–water partition coefficient (Wildman–Crippen LogP) is 1.27. The van der Waals surface area contributed by atoms with Gasteiger partial charge in [-0.25, -0.2) is 13.1 Å². The lowest BCUT2D eigenvalue weighted by Gasteiger charge is -2.14. The Hall–Kier alpha value is -0.920. The van der Waals surface area contributed by atoms with Crippen molar-refractivity contribution in [1.82, 2.24) is 15.2 Å². The van der Waals surface area contributed by atoms with Gasteiger partial charge in [-0.3, -0.25) is 0 Å². The molecule has 1 aromatic rings. The predicted molar refractivity (Wildman–Crippen MR) is 74.5 cm³/mol. The highest BCUT2D eigenvalue weighted by atomic mass is 32.2. The second kappa shape index (κ2) is 7.02. The van der Waals surface area contributed by atoms with Crippen LogP contribution in [0.2, 0.25) is 0 Å². The molecule has 1 unspecified atom stereocenters. The number of hydrogen-bond donors (Lipinski definition) is 2. The van der Waals surface area contributed by atoms with Crippen LogP contribution in [0.15, 0.2) is 4.52 Å². The monoisotopic (exact) mass is 289 g/mol. The standard InChI is InChI=1S/C12H23N3O3S/c1-5-6-13-7-8-19(16,17)15-10(3)12-9(2)14-18-11(12)4/h10,13,15H,5-8H2,1-4H3. The number of aromatic nitrogens is 1. The molecule has 0 saturated heterocycles. The van der Waals surface area contributed by atoms with Gasteiger partial charge >= 0.3 is 0 Å². The van der Waals surface area contributed by atoms with E-state index in [1.165, 1.54) is 0 Å². The van der Waals surface area contributed by atoms with Crippen LogP contribution in [0.1, 0.15) is 43.3 Å². The summed E-state index contributed by atoms with van der Waals surface area (Å²) in [7, 11) is -3.30. The van der Waals surface area contributed by atoms with Gasteiger partial charge in [-0.15, -0.1) is 0 Å². The van der Waals surface area contributed by atoms with Crippen molar-refractivity contribution in [2.75, 3.05) is 18.8 Å². The van der Waals surface area contributed by atoms with Crippen LogP contribution in [-0.2, 0) is 10.0 Å². The molecule has 0 aliphatic heterocycles. The van der Waals surface area contributed by atoms with Gasteiger partial charge in [-0.2, -0.15) is 0 Å². The summed E-state index contributed by atoms with van der Waals surface area (Å²) in [4.78, 5) is 0. The smallest absolute Gasteiger partial charge is 0.213 e. The zero-order valence-corrected chi connectivity index (χ0v) is 12.8. The van der Waals surface area contributed by atoms with Crippen LogP contribution >= 0.6 is 0 Å². The van der Waals surface area contributed by atoms with Gasteiger partial charge in [0.15, 0.2) is 0 Å². The first-order valence-electron chi connectivity index (χ1n) is 6.51. The second-order valence-corrected chi connectivity index (χ2v) is 6.52. The Balaban J connectivity index is 2.58. The molecule has 1 heterocycles. The zero-order valence-electron chi connectivity index (χ0n) is 12.0. The maximum Gasteiger partial charge on any atom is 0.213 e. The summed E-state index contributed by atoms with van der Waals surface area (Å²) in [6, 6.07) is -0.331. The minimum atomic E-state index is -3.30. The Morgan fingerprint density at radius 1 is 1.32 bits per heavy atom. The molecule has 0 fully saturated rings. The van der Waals surface area contributed by atoms with E-state index in [0.29, 0.717) is 12.3 Å². The summed E-state index contributed by atoms with van der Waals surface area (Å²) in [5, 5.41) is 6.90. The lowest BCUT2D eigenvalue weighted by atomic mass is 10.1. The summed E-state index contributed by atoms with van der Waals surface area (Å²) in [5.74, 6) is 0.720. The molecule has 0 aliphatic rings. The third kappa shape index (κ3) is 4.93. The maximum atomic E-state index is 11.9. The number of nitrogens with one attached hydrogen (secondary N) is 2. The molecule has 1 rings (SSSR count). The average Bonchev–Trinajstić information content (AvgIpc) is 2.64. The quantitative estimate of drug-likeness (QED) is 0.704. The molecule has 19 heavy (non-hydrogen) atoms. The van der Waals surface area contributed by atoms with E-state index in [4.69, 9.17) is 4.52 Å². The van der Waals surface area contributed by atoms with Crippen LogP contribution in [0.5, 0.6) is 0 Å². The van der Waals surface area contributed by atoms with E-state index in [-0.39, 0.29) is 11.8 Å². The molecule has 1 atom stereocenters. The molecule has 7 heteroatoms. The van der Waals surface area contributed by atoms with E-state index >= 15 is 0 Å². The highest BCUT2D eigenvalue weighted by molar-refractivity contribution is 7.89. The number of nitrogens with zero attached hydrogens (tertiary/aromatic N) is 1. The van der Waals surface area contributed by atoms with Crippen molar-refractivity contribution in [2.45, 2.75) is 40.2 Å². The molecular weight excluding hydrogens is 266 g/mol. The van der Waals surface area contributed by atoms with Crippen LogP contribution in [-0.4, -0.2) is 32.4 Å². The Labute approximate surface area is 115 Å². The third-order valence-electron chi connectivity index (χ3n) is 2.85. The fraction of sp³-hybridized carbons (Fsp3) is 0.750. The third-order valence-corrected chi connectivity index (χ3v) is 4.31. The van der Waals surface area contributed by atoms with Crippen molar-refractivity contribution < 1.29 is 12.9 Å². The molecule has 0 aromatic carbocycles. The van der Waals surface area contributed by atoms with Crippen molar-refractivity contribution in [3.63, 3.8) is 0 Å². The van der Waals surface area contributed by atoms with E-state index < -0.39 is 10.0 Å². The summed E-state index contributed by atoms with van der Waals surface area (Å²) in [6.45, 7) is 8.71. The van der Waals surface area contributed by atoms with Crippen LogP contribution in [0.4, 0.5) is 0 Å². The van der Waals surface area contributed by atoms with Gasteiger partial charge in [0.25, 0.3) is 0 Å². The Morgan fingerprint density at radius 3 is 2.53 bits per heavy atom. The summed E-state index contributed by atoms with van der Waals surface area (Å²) >= 11 is 0. The van der Waals surface area contributed by atoms with E-state index in [2.05, 4.69) is 15.2 Å². The van der Waals surface area contributed by atoms with Gasteiger partial charge < -0.3 is 9.84 Å². The van der Waals surface area contributed by atoms with Crippen molar-refractivity contribution in [1.29, 1.82) is 0 Å². The molecule has 0 aliphatic carbocycles. The van der Waals surface area contributed by atoms with E-state index in [1.807, 2.05) is 6.92 Å². The van der Waals surface area contributed by atoms with Crippen molar-refractivity contribution in [2.24, 2.45) is 0 Å². The molecule has 0 amide bonds. The van der Waals surface area contributed by atoms with Gasteiger partial charge in [0, 0.05) is 18.2 Å². The lowest BCUT2D eigenvalue weighted by molar-refractivity contribution is 0.391. The van der Waals surface area contributed by atoms with Crippen LogP contribution in [0.25, 0.3) is 0 Å². The molecule has 0 saturated carbocycles. The summed E-state index contributed by atoms with van der Waals surface area (Å²) < 4.78 is 31.5. The van der Waals surface area contributed by atoms with Gasteiger partial charge in [-0.05, 0) is 33.7 Å². The minimum Gasteiger partial charge on any atom is -0.361 e. The van der Waals surface area contributed by atoms with Crippen LogP contribution < -0.4 is 10.0 Å². The summed E-state index contributed by atoms with van der Waals surface area (Å²) in [5.41, 5.74) is 1.53. The van der Waals surface area contributed by atoms with Gasteiger partial charge in [0.2, 0.25) is 10.0 Å². The lowest BCUT2D eigenvalue weighted by Crippen LogP contribution is -2.34. The Morgan fingerprint density at radius 2 is 2.00 bits per heavy atom. The van der Waals surface area contributed by atoms with Crippen LogP contribution in [0, 0.1) is 13.8 Å². The first-order valence-corrected chi connectivity index (χ1v) is 8.16. The van der Waals surface area contributed by atoms with Gasteiger partial charge in [0.1, 0.15) is 5.76 Å². The largest absolute Gasteiger partial charge is 0.361 e. The number of hydrogen-bond acceptors (Lipinski definition) is 5. The van der Waals surface area contributed by atoms with Crippen molar-refractivity contribution in [3.05, 3.63) is 17.0 Å². The fourth-order valence-electron chi connectivity index (χ4n) is 2.00. The molecule has 0 bridgehead atoms. The first-order chi connectivity index (χ1) is 8.87. The topological polar surface area (TPSA) is 84.2 Å². The Bertz CT molecular complexity index is 477. The van der Waals surface area contributed by atoms with Gasteiger partial charge in [-0.1, -0.05) is 12.1 Å². The first kappa shape index (κ1) is 16.1. The summed E-state index contributed by atoms with van der Waals surface area (Å²) in [6.07, 6.45) is 0.989. The molecule has 0 spiro atoms. The molecule has 6 nitrogen and oxygen atoms in total. The fourth-order valence-corrected chi connectivity index (χ4v) is 3.19. The van der Waals surface area contributed by atoms with Crippen molar-refractivity contribution >= 4 is 10.0 Å². The van der Waals surface area contributed by atoms with E-state index in [0.717, 1.165) is 24.2 Å². The maximum absolute atomic E-state index is 11.9. The zero-order chi connectivity index (χ0) is 14.5. The highest BCUT2D eigenvalue weighted by Crippen LogP contribution is 2.21. The average molecular weight is 289 g/mol. The molecule has 110 valence electrons. The number of sulfonamides is 1. The minimum absolute atomic E-state index is 0.0702. The Kier molecular flexibility index (Phi) is 5.96. The van der Waals surface area contributed by atoms with Crippen molar-refractivity contribution in [3.8, 4) is 0 Å². The van der Waals surface area contributed by atoms with E-state index in [1.54, 1.807) is 20.8 Å². The SMILES string of the molecule is CCCNCCS(=O)(=O)NC(C)c1c(C)noc1C.